The van der Waals surface area contributed by atoms with E-state index in [2.05, 4.69) is 12.1 Å². The summed E-state index contributed by atoms with van der Waals surface area (Å²) in [5, 5.41) is 10.4. The number of hydrogen-bond donors (Lipinski definition) is 1. The number of nitrogens with zero attached hydrogens (tertiary/aromatic N) is 1. The Morgan fingerprint density at radius 1 is 0.857 bits per heavy atom. The first kappa shape index (κ1) is 18.5. The molecule has 1 aliphatic rings. The number of ether oxygens (including phenoxy) is 2. The number of aliphatic hydroxyl groups is 1. The van der Waals surface area contributed by atoms with Gasteiger partial charge in [-0.15, -0.1) is 0 Å². The average Bonchev–Trinajstić information content (AvgIpc) is 2.77. The molecule has 4 heteroatoms. The first-order valence-electron chi connectivity index (χ1n) is 9.84. The molecule has 0 radical (unpaired) electrons. The molecule has 1 aromatic heterocycles. The highest BCUT2D eigenvalue weighted by Crippen LogP contribution is 2.23. The summed E-state index contributed by atoms with van der Waals surface area (Å²) in [5.74, 6) is 1.46. The second-order valence-electron chi connectivity index (χ2n) is 7.12. The minimum atomic E-state index is -0.717. The zero-order valence-corrected chi connectivity index (χ0v) is 15.9. The molecule has 0 saturated heterocycles. The van der Waals surface area contributed by atoms with Gasteiger partial charge in [0, 0.05) is 5.69 Å². The van der Waals surface area contributed by atoms with E-state index in [-0.39, 0.29) is 6.61 Å². The van der Waals surface area contributed by atoms with Crippen molar-refractivity contribution in [1.82, 2.24) is 4.98 Å². The van der Waals surface area contributed by atoms with Crippen LogP contribution in [0.4, 0.5) is 0 Å². The number of aryl methyl sites for hydroxylation is 2. The van der Waals surface area contributed by atoms with Gasteiger partial charge < -0.3 is 14.6 Å². The molecule has 1 unspecified atom stereocenters. The van der Waals surface area contributed by atoms with E-state index >= 15 is 0 Å². The molecule has 0 fully saturated rings. The lowest BCUT2D eigenvalue weighted by Gasteiger charge is -2.16. The van der Waals surface area contributed by atoms with Crippen molar-refractivity contribution in [2.45, 2.75) is 38.4 Å². The lowest BCUT2D eigenvalue weighted by molar-refractivity contribution is 0.108. The van der Waals surface area contributed by atoms with Gasteiger partial charge in [0.15, 0.2) is 0 Å². The third-order valence-electron chi connectivity index (χ3n) is 5.02. The number of rotatable bonds is 7. The summed E-state index contributed by atoms with van der Waals surface area (Å²) in [6.45, 7) is 0.618. The summed E-state index contributed by atoms with van der Waals surface area (Å²) in [4.78, 5) is 4.75. The van der Waals surface area contributed by atoms with Gasteiger partial charge in [-0.2, -0.15) is 0 Å². The molecule has 0 aliphatic heterocycles. The molecule has 3 aromatic rings. The molecule has 4 rings (SSSR count). The number of aromatic nitrogens is 1. The van der Waals surface area contributed by atoms with Crippen molar-refractivity contribution in [3.8, 4) is 11.5 Å². The second kappa shape index (κ2) is 8.89. The van der Waals surface area contributed by atoms with E-state index in [1.807, 2.05) is 54.6 Å². The molecule has 0 spiro atoms. The van der Waals surface area contributed by atoms with Crippen molar-refractivity contribution in [3.05, 3.63) is 89.2 Å². The fourth-order valence-corrected chi connectivity index (χ4v) is 3.46. The van der Waals surface area contributed by atoms with E-state index in [1.54, 1.807) is 0 Å². The standard InChI is InChI=1S/C24H25NO3/c26-24(17-28-21-9-2-1-3-10-21)19-8-6-11-22(15-19)27-16-20-14-13-18-7-4-5-12-23(18)25-20/h1-3,6,8-11,13-15,24,26H,4-5,7,12,16-17H2. The molecule has 0 bridgehead atoms. The summed E-state index contributed by atoms with van der Waals surface area (Å²) in [6, 6.07) is 21.2. The zero-order valence-electron chi connectivity index (χ0n) is 15.9. The van der Waals surface area contributed by atoms with Gasteiger partial charge in [0.25, 0.3) is 0 Å². The van der Waals surface area contributed by atoms with Crippen LogP contribution in [0, 0.1) is 0 Å². The van der Waals surface area contributed by atoms with Crippen molar-refractivity contribution in [1.29, 1.82) is 0 Å². The van der Waals surface area contributed by atoms with Crippen molar-refractivity contribution < 1.29 is 14.6 Å². The Labute approximate surface area is 165 Å². The van der Waals surface area contributed by atoms with Gasteiger partial charge in [-0.05, 0) is 67.1 Å². The number of pyridine rings is 1. The highest BCUT2D eigenvalue weighted by Gasteiger charge is 2.12. The Hall–Kier alpha value is -2.85. The van der Waals surface area contributed by atoms with Crippen LogP contribution in [0.1, 0.15) is 41.5 Å². The first-order valence-corrected chi connectivity index (χ1v) is 9.84. The van der Waals surface area contributed by atoms with Crippen LogP contribution in [0.3, 0.4) is 0 Å². The molecule has 2 aromatic carbocycles. The van der Waals surface area contributed by atoms with Crippen LogP contribution in [0.15, 0.2) is 66.7 Å². The highest BCUT2D eigenvalue weighted by atomic mass is 16.5. The van der Waals surface area contributed by atoms with Crippen molar-refractivity contribution in [2.24, 2.45) is 0 Å². The third kappa shape index (κ3) is 4.70. The van der Waals surface area contributed by atoms with E-state index in [9.17, 15) is 5.11 Å². The molecule has 1 atom stereocenters. The predicted molar refractivity (Wildman–Crippen MR) is 109 cm³/mol. The number of aliphatic hydroxyl groups excluding tert-OH is 1. The molecule has 1 heterocycles. The highest BCUT2D eigenvalue weighted by molar-refractivity contribution is 5.31. The van der Waals surface area contributed by atoms with E-state index < -0.39 is 6.10 Å². The summed E-state index contributed by atoms with van der Waals surface area (Å²) in [5.41, 5.74) is 4.30. The van der Waals surface area contributed by atoms with E-state index in [4.69, 9.17) is 14.5 Å². The van der Waals surface area contributed by atoms with Crippen LogP contribution < -0.4 is 9.47 Å². The third-order valence-corrected chi connectivity index (χ3v) is 5.02. The van der Waals surface area contributed by atoms with E-state index in [0.29, 0.717) is 6.61 Å². The maximum Gasteiger partial charge on any atom is 0.130 e. The normalized spacial score (nSPS) is 14.2. The first-order chi connectivity index (χ1) is 13.8. The Morgan fingerprint density at radius 2 is 1.68 bits per heavy atom. The van der Waals surface area contributed by atoms with Gasteiger partial charge in [0.05, 0.1) is 5.69 Å². The van der Waals surface area contributed by atoms with Crippen molar-refractivity contribution in [2.75, 3.05) is 6.61 Å². The fraction of sp³-hybridized carbons (Fsp3) is 0.292. The molecule has 144 valence electrons. The van der Waals surface area contributed by atoms with Gasteiger partial charge in [0.2, 0.25) is 0 Å². The SMILES string of the molecule is OC(COc1ccccc1)c1cccc(OCc2ccc3c(n2)CCCC3)c1. The summed E-state index contributed by atoms with van der Waals surface area (Å²) in [6.07, 6.45) is 3.95. The van der Waals surface area contributed by atoms with Crippen LogP contribution in [-0.4, -0.2) is 16.7 Å². The molecule has 4 nitrogen and oxygen atoms in total. The Morgan fingerprint density at radius 3 is 2.57 bits per heavy atom. The lowest BCUT2D eigenvalue weighted by atomic mass is 9.96. The predicted octanol–water partition coefficient (Wildman–Crippen LogP) is 4.65. The summed E-state index contributed by atoms with van der Waals surface area (Å²) in [7, 11) is 0. The Bertz CT molecular complexity index is 911. The largest absolute Gasteiger partial charge is 0.491 e. The minimum Gasteiger partial charge on any atom is -0.491 e. The van der Waals surface area contributed by atoms with E-state index in [1.165, 1.54) is 24.1 Å². The second-order valence-corrected chi connectivity index (χ2v) is 7.12. The summed E-state index contributed by atoms with van der Waals surface area (Å²) >= 11 is 0. The van der Waals surface area contributed by atoms with Gasteiger partial charge in [-0.3, -0.25) is 4.98 Å². The van der Waals surface area contributed by atoms with Crippen LogP contribution in [0.2, 0.25) is 0 Å². The monoisotopic (exact) mass is 375 g/mol. The smallest absolute Gasteiger partial charge is 0.130 e. The van der Waals surface area contributed by atoms with Crippen molar-refractivity contribution >= 4 is 0 Å². The van der Waals surface area contributed by atoms with Crippen LogP contribution >= 0.6 is 0 Å². The molecule has 1 aliphatic carbocycles. The zero-order chi connectivity index (χ0) is 19.2. The van der Waals surface area contributed by atoms with Gasteiger partial charge >= 0.3 is 0 Å². The van der Waals surface area contributed by atoms with Gasteiger partial charge in [0.1, 0.15) is 30.8 Å². The topological polar surface area (TPSA) is 51.6 Å². The van der Waals surface area contributed by atoms with Gasteiger partial charge in [-0.1, -0.05) is 36.4 Å². The number of fused-ring (bicyclic) bond motifs is 1. The maximum atomic E-state index is 10.4. The van der Waals surface area contributed by atoms with Crippen LogP contribution in [-0.2, 0) is 19.4 Å². The molecular formula is C24H25NO3. The lowest BCUT2D eigenvalue weighted by Crippen LogP contribution is -2.10. The quantitative estimate of drug-likeness (QED) is 0.653. The molecule has 1 N–H and O–H groups in total. The van der Waals surface area contributed by atoms with Crippen LogP contribution in [0.5, 0.6) is 11.5 Å². The van der Waals surface area contributed by atoms with Crippen LogP contribution in [0.25, 0.3) is 0 Å². The van der Waals surface area contributed by atoms with Crippen molar-refractivity contribution in [3.63, 3.8) is 0 Å². The number of benzene rings is 2. The molecule has 0 saturated carbocycles. The summed E-state index contributed by atoms with van der Waals surface area (Å²) < 4.78 is 11.6. The Kier molecular flexibility index (Phi) is 5.88. The molecular weight excluding hydrogens is 350 g/mol. The molecule has 28 heavy (non-hydrogen) atoms. The maximum absolute atomic E-state index is 10.4. The number of para-hydroxylation sites is 1. The minimum absolute atomic E-state index is 0.194. The molecule has 0 amide bonds. The van der Waals surface area contributed by atoms with Gasteiger partial charge in [-0.25, -0.2) is 0 Å². The Balaban J connectivity index is 1.35. The number of hydrogen-bond acceptors (Lipinski definition) is 4. The van der Waals surface area contributed by atoms with E-state index in [0.717, 1.165) is 35.6 Å². The fourth-order valence-electron chi connectivity index (χ4n) is 3.46. The average molecular weight is 375 g/mol.